The summed E-state index contributed by atoms with van der Waals surface area (Å²) in [5.41, 5.74) is -0.462. The number of non-ortho nitro benzene ring substituents is 1. The minimum Gasteiger partial charge on any atom is -0.485 e. The second-order valence-electron chi connectivity index (χ2n) is 8.57. The lowest BCUT2D eigenvalue weighted by atomic mass is 10.0. The van der Waals surface area contributed by atoms with E-state index in [1.807, 2.05) is 0 Å². The summed E-state index contributed by atoms with van der Waals surface area (Å²) in [7, 11) is 0. The van der Waals surface area contributed by atoms with E-state index in [0.29, 0.717) is 37.0 Å². The number of nitro groups is 1. The molecule has 36 heavy (non-hydrogen) atoms. The Hall–Kier alpha value is -4.09. The molecule has 1 aliphatic heterocycles. The Morgan fingerprint density at radius 2 is 1.75 bits per heavy atom. The fraction of sp³-hybridized carbons (Fsp3) is 0.375. The summed E-state index contributed by atoms with van der Waals surface area (Å²) >= 11 is 0. The third kappa shape index (κ3) is 4.97. The smallest absolute Gasteiger partial charge is 0.332 e. The number of amides is 1. The number of aromatic nitrogens is 2. The van der Waals surface area contributed by atoms with Crippen molar-refractivity contribution < 1.29 is 23.2 Å². The van der Waals surface area contributed by atoms with Gasteiger partial charge in [0, 0.05) is 31.3 Å². The number of fused-ring (bicyclic) bond motifs is 1. The maximum Gasteiger partial charge on any atom is 0.332 e. The predicted molar refractivity (Wildman–Crippen MR) is 127 cm³/mol. The molecule has 0 radical (unpaired) electrons. The Morgan fingerprint density at radius 1 is 1.08 bits per heavy atom. The van der Waals surface area contributed by atoms with Crippen LogP contribution in [0.15, 0.2) is 52.1 Å². The van der Waals surface area contributed by atoms with Crippen LogP contribution >= 0.6 is 0 Å². The van der Waals surface area contributed by atoms with Gasteiger partial charge >= 0.3 is 5.69 Å². The third-order valence-electron chi connectivity index (χ3n) is 6.29. The summed E-state index contributed by atoms with van der Waals surface area (Å²) < 4.78 is 33.8. The number of benzene rings is 2. The van der Waals surface area contributed by atoms with E-state index < -0.39 is 35.6 Å². The Morgan fingerprint density at radius 3 is 2.33 bits per heavy atom. The van der Waals surface area contributed by atoms with Crippen LogP contribution in [0.3, 0.4) is 0 Å². The van der Waals surface area contributed by atoms with Crippen molar-refractivity contribution in [2.75, 3.05) is 26.4 Å². The Bertz CT molecular complexity index is 1380. The normalized spacial score (nSPS) is 14.4. The zero-order chi connectivity index (χ0) is 25.8. The zero-order valence-corrected chi connectivity index (χ0v) is 19.2. The van der Waals surface area contributed by atoms with E-state index in [4.69, 9.17) is 4.74 Å². The second kappa shape index (κ2) is 10.7. The van der Waals surface area contributed by atoms with Gasteiger partial charge in [0.2, 0.25) is 6.41 Å². The molecule has 4 rings (SSSR count). The van der Waals surface area contributed by atoms with Crippen LogP contribution in [0.25, 0.3) is 10.9 Å². The SMILES string of the molecule is O=CN1CCC(n2c(=O)n(Cc3ccc([N+](=O)[O-])cc3)c(=O)c3cc(OC(CF)CF)ccc32)CC1. The van der Waals surface area contributed by atoms with E-state index in [0.717, 1.165) is 11.0 Å². The van der Waals surface area contributed by atoms with Gasteiger partial charge in [-0.15, -0.1) is 0 Å². The van der Waals surface area contributed by atoms with Crippen molar-refractivity contribution in [2.45, 2.75) is 31.5 Å². The molecular formula is C24H24F2N4O6. The quantitative estimate of drug-likeness (QED) is 0.252. The molecular weight excluding hydrogens is 478 g/mol. The van der Waals surface area contributed by atoms with Gasteiger partial charge < -0.3 is 9.64 Å². The fourth-order valence-electron chi connectivity index (χ4n) is 4.38. The number of hydrogen-bond donors (Lipinski definition) is 0. The van der Waals surface area contributed by atoms with Crippen LogP contribution in [0.4, 0.5) is 14.5 Å². The molecule has 0 saturated carbocycles. The number of nitrogens with zero attached hydrogens (tertiary/aromatic N) is 4. The number of nitro benzene ring substituents is 1. The highest BCUT2D eigenvalue weighted by Crippen LogP contribution is 2.26. The summed E-state index contributed by atoms with van der Waals surface area (Å²) in [6.07, 6.45) is 0.423. The summed E-state index contributed by atoms with van der Waals surface area (Å²) in [6.45, 7) is -1.35. The Kier molecular flexibility index (Phi) is 7.41. The van der Waals surface area contributed by atoms with E-state index in [1.54, 1.807) is 4.90 Å². The van der Waals surface area contributed by atoms with E-state index in [1.165, 1.54) is 47.0 Å². The molecule has 1 aromatic heterocycles. The number of rotatable bonds is 9. The fourth-order valence-corrected chi connectivity index (χ4v) is 4.38. The maximum atomic E-state index is 13.6. The Labute approximate surface area is 203 Å². The van der Waals surface area contributed by atoms with Gasteiger partial charge in [-0.3, -0.25) is 28.8 Å². The van der Waals surface area contributed by atoms with Crippen LogP contribution in [-0.4, -0.2) is 57.9 Å². The number of carbonyl (C=O) groups excluding carboxylic acids is 1. The van der Waals surface area contributed by atoms with Gasteiger partial charge in [-0.2, -0.15) is 0 Å². The highest BCUT2D eigenvalue weighted by molar-refractivity contribution is 5.80. The molecule has 0 bridgehead atoms. The van der Waals surface area contributed by atoms with E-state index >= 15 is 0 Å². The molecule has 2 heterocycles. The molecule has 1 saturated heterocycles. The van der Waals surface area contributed by atoms with Crippen LogP contribution in [0.5, 0.6) is 5.75 Å². The molecule has 0 atom stereocenters. The van der Waals surface area contributed by atoms with Gasteiger partial charge in [0.15, 0.2) is 6.10 Å². The minimum absolute atomic E-state index is 0.0859. The highest BCUT2D eigenvalue weighted by atomic mass is 19.1. The number of alkyl halides is 2. The first-order valence-corrected chi connectivity index (χ1v) is 11.4. The standard InChI is InChI=1S/C24H24F2N4O6/c25-12-20(13-26)36-19-5-6-22-21(11-19)23(32)28(14-16-1-3-18(4-2-16)30(34)35)24(33)29(22)17-7-9-27(15-31)10-8-17/h1-6,11,15,17,20H,7-10,12-14H2. The molecule has 1 amide bonds. The van der Waals surface area contributed by atoms with Crippen LogP contribution in [-0.2, 0) is 11.3 Å². The number of likely N-dealkylation sites (tertiary alicyclic amines) is 1. The highest BCUT2D eigenvalue weighted by Gasteiger charge is 2.25. The molecule has 0 spiro atoms. The molecule has 0 N–H and O–H groups in total. The van der Waals surface area contributed by atoms with Crippen LogP contribution in [0.2, 0.25) is 0 Å². The van der Waals surface area contributed by atoms with E-state index in [-0.39, 0.29) is 29.4 Å². The first-order valence-electron chi connectivity index (χ1n) is 11.4. The molecule has 10 nitrogen and oxygen atoms in total. The summed E-state index contributed by atoms with van der Waals surface area (Å²) in [5, 5.41) is 11.1. The van der Waals surface area contributed by atoms with Crippen molar-refractivity contribution in [2.24, 2.45) is 0 Å². The van der Waals surface area contributed by atoms with E-state index in [2.05, 4.69) is 0 Å². The predicted octanol–water partition coefficient (Wildman–Crippen LogP) is 2.60. The first kappa shape index (κ1) is 25.0. The Balaban J connectivity index is 1.83. The average Bonchev–Trinajstić information content (AvgIpc) is 2.90. The van der Waals surface area contributed by atoms with Crippen LogP contribution in [0, 0.1) is 10.1 Å². The number of ether oxygens (including phenoxy) is 1. The lowest BCUT2D eigenvalue weighted by Gasteiger charge is -2.31. The molecule has 2 aromatic carbocycles. The lowest BCUT2D eigenvalue weighted by Crippen LogP contribution is -2.44. The van der Waals surface area contributed by atoms with E-state index in [9.17, 15) is 33.3 Å². The molecule has 190 valence electrons. The van der Waals surface area contributed by atoms with Gasteiger partial charge in [-0.05, 0) is 36.6 Å². The molecule has 3 aromatic rings. The van der Waals surface area contributed by atoms with Gasteiger partial charge in [-0.1, -0.05) is 12.1 Å². The average molecular weight is 502 g/mol. The third-order valence-corrected chi connectivity index (χ3v) is 6.29. The van der Waals surface area contributed by atoms with Crippen LogP contribution in [0.1, 0.15) is 24.4 Å². The number of halogens is 2. The zero-order valence-electron chi connectivity index (χ0n) is 19.2. The van der Waals surface area contributed by atoms with Crippen molar-refractivity contribution in [1.82, 2.24) is 14.0 Å². The second-order valence-corrected chi connectivity index (χ2v) is 8.57. The first-order chi connectivity index (χ1) is 17.4. The minimum atomic E-state index is -1.32. The molecule has 1 aliphatic rings. The number of hydrogen-bond acceptors (Lipinski definition) is 6. The van der Waals surface area contributed by atoms with Crippen molar-refractivity contribution in [3.8, 4) is 5.75 Å². The molecule has 12 heteroatoms. The lowest BCUT2D eigenvalue weighted by molar-refractivity contribution is -0.384. The monoisotopic (exact) mass is 502 g/mol. The number of piperidine rings is 1. The summed E-state index contributed by atoms with van der Waals surface area (Å²) in [4.78, 5) is 50.2. The number of carbonyl (C=O) groups is 1. The van der Waals surface area contributed by atoms with Gasteiger partial charge in [0.05, 0.1) is 22.4 Å². The van der Waals surface area contributed by atoms with Gasteiger partial charge in [0.25, 0.3) is 11.2 Å². The van der Waals surface area contributed by atoms with Crippen molar-refractivity contribution in [3.05, 3.63) is 79.0 Å². The molecule has 1 fully saturated rings. The van der Waals surface area contributed by atoms with Crippen molar-refractivity contribution >= 4 is 23.0 Å². The van der Waals surface area contributed by atoms with Gasteiger partial charge in [0.1, 0.15) is 19.1 Å². The van der Waals surface area contributed by atoms with Crippen molar-refractivity contribution in [3.63, 3.8) is 0 Å². The largest absolute Gasteiger partial charge is 0.485 e. The van der Waals surface area contributed by atoms with Crippen LogP contribution < -0.4 is 16.0 Å². The topological polar surface area (TPSA) is 117 Å². The summed E-state index contributed by atoms with van der Waals surface area (Å²) in [5.74, 6) is 0.0859. The molecule has 0 unspecified atom stereocenters. The maximum absolute atomic E-state index is 13.6. The molecule has 0 aliphatic carbocycles. The summed E-state index contributed by atoms with van der Waals surface area (Å²) in [6, 6.07) is 9.54. The van der Waals surface area contributed by atoms with Crippen molar-refractivity contribution in [1.29, 1.82) is 0 Å². The van der Waals surface area contributed by atoms with Gasteiger partial charge in [-0.25, -0.2) is 13.6 Å².